The second-order valence-electron chi connectivity index (χ2n) is 10.4. The van der Waals surface area contributed by atoms with Gasteiger partial charge in [-0.2, -0.15) is 0 Å². The summed E-state index contributed by atoms with van der Waals surface area (Å²) in [5, 5.41) is 13.3. The van der Waals surface area contributed by atoms with E-state index in [4.69, 9.17) is 4.74 Å². The van der Waals surface area contributed by atoms with E-state index in [0.717, 1.165) is 67.4 Å². The number of aliphatic hydroxyl groups is 1. The minimum atomic E-state index is -0.604. The third kappa shape index (κ3) is 5.38. The molecule has 2 aromatic carbocycles. The van der Waals surface area contributed by atoms with E-state index in [1.54, 1.807) is 16.7 Å². The van der Waals surface area contributed by atoms with E-state index in [0.29, 0.717) is 25.1 Å². The van der Waals surface area contributed by atoms with Crippen molar-refractivity contribution in [2.24, 2.45) is 0 Å². The number of nitrogens with one attached hydrogen (secondary N) is 1. The molecule has 3 aliphatic rings. The predicted octanol–water partition coefficient (Wildman–Crippen LogP) is 3.09. The lowest BCUT2D eigenvalue weighted by atomic mass is 9.96. The van der Waals surface area contributed by atoms with Gasteiger partial charge in [-0.05, 0) is 80.8 Å². The lowest BCUT2D eigenvalue weighted by Crippen LogP contribution is -2.47. The minimum Gasteiger partial charge on any atom is -0.478 e. The Morgan fingerprint density at radius 3 is 2.49 bits per heavy atom. The Balaban J connectivity index is 1.30. The molecule has 0 saturated carbocycles. The summed E-state index contributed by atoms with van der Waals surface area (Å²) in [5.41, 5.74) is 4.36. The summed E-state index contributed by atoms with van der Waals surface area (Å²) in [6.45, 7) is 6.88. The molecule has 2 atom stereocenters. The summed E-state index contributed by atoms with van der Waals surface area (Å²) in [4.78, 5) is 33.7. The molecule has 9 heteroatoms. The van der Waals surface area contributed by atoms with Gasteiger partial charge in [-0.15, -0.1) is 0 Å². The first-order chi connectivity index (χ1) is 17.8. The molecule has 2 fully saturated rings. The van der Waals surface area contributed by atoms with Gasteiger partial charge in [0.1, 0.15) is 5.75 Å². The topological polar surface area (TPSA) is 88.6 Å². The average molecular weight is 508 g/mol. The molecule has 0 radical (unpaired) electrons. The van der Waals surface area contributed by atoms with Gasteiger partial charge in [-0.3, -0.25) is 9.69 Å². The quantitative estimate of drug-likeness (QED) is 0.647. The van der Waals surface area contributed by atoms with Crippen LogP contribution in [-0.4, -0.2) is 86.3 Å². The van der Waals surface area contributed by atoms with Gasteiger partial charge in [0, 0.05) is 57.7 Å². The van der Waals surface area contributed by atoms with Crippen molar-refractivity contribution in [3.63, 3.8) is 0 Å². The molecule has 0 bridgehead atoms. The van der Waals surface area contributed by atoms with Crippen LogP contribution in [0.5, 0.6) is 5.75 Å². The number of amides is 3. The molecule has 2 saturated heterocycles. The maximum Gasteiger partial charge on any atom is 0.324 e. The maximum atomic E-state index is 13.2. The molecule has 5 rings (SSSR count). The lowest BCUT2D eigenvalue weighted by molar-refractivity contribution is -0.123. The highest BCUT2D eigenvalue weighted by Gasteiger charge is 2.31. The molecule has 2 aromatic rings. The molecule has 9 nitrogen and oxygen atoms in total. The third-order valence-electron chi connectivity index (χ3n) is 7.60. The van der Waals surface area contributed by atoms with Crippen LogP contribution in [0.15, 0.2) is 36.4 Å². The zero-order valence-corrected chi connectivity index (χ0v) is 21.9. The number of rotatable bonds is 5. The van der Waals surface area contributed by atoms with Gasteiger partial charge >= 0.3 is 6.03 Å². The molecule has 3 heterocycles. The Labute approximate surface area is 218 Å². The van der Waals surface area contributed by atoms with Crippen LogP contribution in [0.25, 0.3) is 0 Å². The fraction of sp³-hybridized carbons (Fsp3) is 0.500. The molecule has 0 aromatic heterocycles. The largest absolute Gasteiger partial charge is 0.478 e. The van der Waals surface area contributed by atoms with Crippen molar-refractivity contribution in [1.29, 1.82) is 0 Å². The lowest BCUT2D eigenvalue weighted by Gasteiger charge is -2.37. The molecular weight excluding hydrogens is 470 g/mol. The summed E-state index contributed by atoms with van der Waals surface area (Å²) >= 11 is 0. The maximum absolute atomic E-state index is 13.2. The smallest absolute Gasteiger partial charge is 0.324 e. The van der Waals surface area contributed by atoms with E-state index in [2.05, 4.69) is 22.2 Å². The molecule has 2 unspecified atom stereocenters. The van der Waals surface area contributed by atoms with Crippen molar-refractivity contribution in [2.75, 3.05) is 68.5 Å². The monoisotopic (exact) mass is 507 g/mol. The van der Waals surface area contributed by atoms with Crippen molar-refractivity contribution in [3.05, 3.63) is 47.5 Å². The molecule has 0 aliphatic carbocycles. The zero-order valence-electron chi connectivity index (χ0n) is 21.9. The first-order valence-electron chi connectivity index (χ1n) is 13.2. The first kappa shape index (κ1) is 25.4. The van der Waals surface area contributed by atoms with Gasteiger partial charge in [0.05, 0.1) is 11.8 Å². The molecular formula is C28H37N5O4. The number of carbonyl (C=O) groups excluding carboxylic acids is 2. The Kier molecular flexibility index (Phi) is 7.26. The average Bonchev–Trinajstić information content (AvgIpc) is 2.90. The van der Waals surface area contributed by atoms with Crippen LogP contribution >= 0.6 is 0 Å². The summed E-state index contributed by atoms with van der Waals surface area (Å²) in [7, 11) is 3.93. The van der Waals surface area contributed by atoms with E-state index in [-0.39, 0.29) is 11.9 Å². The highest BCUT2D eigenvalue weighted by atomic mass is 16.5. The SMILES string of the molecule is CC(O)c1cc2c(c(N3CCN(C)CC3)c1)OC(C(=O)Nc1ccc(N3CCCN(C)C3=O)cc1)CC2. The van der Waals surface area contributed by atoms with Crippen molar-refractivity contribution in [1.82, 2.24) is 9.80 Å². The number of urea groups is 1. The van der Waals surface area contributed by atoms with Gasteiger partial charge in [0.15, 0.2) is 6.10 Å². The molecule has 198 valence electrons. The number of hydrogen-bond acceptors (Lipinski definition) is 6. The third-order valence-corrected chi connectivity index (χ3v) is 7.60. The second kappa shape index (κ2) is 10.6. The molecule has 0 spiro atoms. The molecule has 2 N–H and O–H groups in total. The number of fused-ring (bicyclic) bond motifs is 1. The van der Waals surface area contributed by atoms with E-state index in [9.17, 15) is 14.7 Å². The van der Waals surface area contributed by atoms with Gasteiger partial charge in [0.2, 0.25) is 0 Å². The second-order valence-corrected chi connectivity index (χ2v) is 10.4. The van der Waals surface area contributed by atoms with Crippen LogP contribution in [0.1, 0.15) is 37.0 Å². The summed E-state index contributed by atoms with van der Waals surface area (Å²) in [6, 6.07) is 11.4. The Morgan fingerprint density at radius 1 is 1.05 bits per heavy atom. The number of anilines is 3. The minimum absolute atomic E-state index is 0.00721. The van der Waals surface area contributed by atoms with Crippen LogP contribution in [0.3, 0.4) is 0 Å². The van der Waals surface area contributed by atoms with Gasteiger partial charge < -0.3 is 29.9 Å². The number of aryl methyl sites for hydroxylation is 1. The molecule has 3 aliphatic heterocycles. The predicted molar refractivity (Wildman–Crippen MR) is 145 cm³/mol. The van der Waals surface area contributed by atoms with E-state index in [1.807, 2.05) is 43.4 Å². The number of piperazine rings is 1. The van der Waals surface area contributed by atoms with Crippen LogP contribution in [-0.2, 0) is 11.2 Å². The van der Waals surface area contributed by atoms with E-state index >= 15 is 0 Å². The number of nitrogens with zero attached hydrogens (tertiary/aromatic N) is 4. The number of hydrogen-bond donors (Lipinski definition) is 2. The van der Waals surface area contributed by atoms with E-state index < -0.39 is 12.2 Å². The fourth-order valence-corrected chi connectivity index (χ4v) is 5.26. The summed E-state index contributed by atoms with van der Waals surface area (Å²) < 4.78 is 6.35. The molecule has 3 amide bonds. The van der Waals surface area contributed by atoms with Crippen molar-refractivity contribution in [2.45, 2.75) is 38.4 Å². The van der Waals surface area contributed by atoms with E-state index in [1.165, 1.54) is 0 Å². The van der Waals surface area contributed by atoms with Crippen LogP contribution in [0.4, 0.5) is 21.9 Å². The Bertz CT molecular complexity index is 1140. The Hall–Kier alpha value is -3.30. The van der Waals surface area contributed by atoms with Gasteiger partial charge in [-0.1, -0.05) is 0 Å². The number of ether oxygens (including phenoxy) is 1. The van der Waals surface area contributed by atoms with Gasteiger partial charge in [-0.25, -0.2) is 4.79 Å². The highest BCUT2D eigenvalue weighted by molar-refractivity contribution is 5.96. The first-order valence-corrected chi connectivity index (χ1v) is 13.2. The van der Waals surface area contributed by atoms with Gasteiger partial charge in [0.25, 0.3) is 5.91 Å². The molecule has 37 heavy (non-hydrogen) atoms. The summed E-state index contributed by atoms with van der Waals surface area (Å²) in [5.74, 6) is 0.569. The number of likely N-dealkylation sites (N-methyl/N-ethyl adjacent to an activating group) is 1. The zero-order chi connectivity index (χ0) is 26.1. The van der Waals surface area contributed by atoms with Crippen LogP contribution in [0, 0.1) is 0 Å². The highest BCUT2D eigenvalue weighted by Crippen LogP contribution is 2.40. The number of aliphatic hydroxyl groups excluding tert-OH is 1. The van der Waals surface area contributed by atoms with Crippen molar-refractivity contribution in [3.8, 4) is 5.75 Å². The summed E-state index contributed by atoms with van der Waals surface area (Å²) in [6.07, 6.45) is 1.03. The normalized spacial score (nSPS) is 21.4. The van der Waals surface area contributed by atoms with Crippen molar-refractivity contribution < 1.29 is 19.4 Å². The standard InChI is InChI=1S/C28H37N5O4/c1-19(34)21-17-20-5-10-25(37-26(20)24(18-21)32-15-13-30(2)14-16-32)27(35)29-22-6-8-23(9-7-22)33-12-4-11-31(3)28(33)36/h6-9,17-19,25,34H,4-5,10-16H2,1-3H3,(H,29,35). The van der Waals surface area contributed by atoms with Crippen LogP contribution in [0.2, 0.25) is 0 Å². The van der Waals surface area contributed by atoms with Crippen molar-refractivity contribution >= 4 is 29.0 Å². The fourth-order valence-electron chi connectivity index (χ4n) is 5.26. The number of benzene rings is 2. The number of carbonyl (C=O) groups is 2. The Morgan fingerprint density at radius 2 is 1.78 bits per heavy atom. The van der Waals surface area contributed by atoms with Crippen LogP contribution < -0.4 is 19.9 Å².